The van der Waals surface area contributed by atoms with Gasteiger partial charge in [-0.3, -0.25) is 4.99 Å². The fourth-order valence-electron chi connectivity index (χ4n) is 2.16. The van der Waals surface area contributed by atoms with E-state index in [2.05, 4.69) is 15.6 Å². The molecular formula is C17H33N3O3. The van der Waals surface area contributed by atoms with Gasteiger partial charge in [0.2, 0.25) is 0 Å². The van der Waals surface area contributed by atoms with Crippen molar-refractivity contribution < 1.29 is 14.6 Å². The number of guanidine groups is 1. The van der Waals surface area contributed by atoms with Crippen LogP contribution in [-0.4, -0.2) is 63.2 Å². The number of ether oxygens (including phenoxy) is 2. The predicted octanol–water partition coefficient (Wildman–Crippen LogP) is 1.15. The van der Waals surface area contributed by atoms with Crippen molar-refractivity contribution in [1.82, 2.24) is 10.6 Å². The van der Waals surface area contributed by atoms with Crippen LogP contribution in [0.2, 0.25) is 0 Å². The average Bonchev–Trinajstić information content (AvgIpc) is 3.42. The molecule has 0 spiro atoms. The molecule has 2 aliphatic rings. The summed E-state index contributed by atoms with van der Waals surface area (Å²) in [6.45, 7) is 6.88. The van der Waals surface area contributed by atoms with Gasteiger partial charge in [-0.1, -0.05) is 0 Å². The summed E-state index contributed by atoms with van der Waals surface area (Å²) in [4.78, 5) is 4.41. The third-order valence-corrected chi connectivity index (χ3v) is 3.97. The standard InChI is InChI=1S/C17H33N3O3/c1-2-18-17(19-8-3-9-22-11-14-4-5-14)20-10-16(21)13-23-12-15-6-7-15/h14-16,21H,2-13H2,1H3,(H2,18,19,20). The van der Waals surface area contributed by atoms with E-state index in [0.29, 0.717) is 13.2 Å². The summed E-state index contributed by atoms with van der Waals surface area (Å²) in [5.74, 6) is 2.30. The van der Waals surface area contributed by atoms with Crippen molar-refractivity contribution in [3.63, 3.8) is 0 Å². The predicted molar refractivity (Wildman–Crippen MR) is 91.7 cm³/mol. The van der Waals surface area contributed by atoms with Crippen LogP contribution in [0.4, 0.5) is 0 Å². The third-order valence-electron chi connectivity index (χ3n) is 3.97. The first-order valence-electron chi connectivity index (χ1n) is 9.13. The minimum Gasteiger partial charge on any atom is -0.389 e. The van der Waals surface area contributed by atoms with E-state index in [9.17, 15) is 5.11 Å². The Hall–Kier alpha value is -0.850. The molecule has 1 unspecified atom stereocenters. The highest BCUT2D eigenvalue weighted by Gasteiger charge is 2.21. The molecule has 134 valence electrons. The van der Waals surface area contributed by atoms with E-state index in [1.54, 1.807) is 0 Å². The summed E-state index contributed by atoms with van der Waals surface area (Å²) in [6, 6.07) is 0. The summed E-state index contributed by atoms with van der Waals surface area (Å²) < 4.78 is 11.1. The Morgan fingerprint density at radius 2 is 1.83 bits per heavy atom. The molecule has 0 aliphatic heterocycles. The lowest BCUT2D eigenvalue weighted by atomic mass is 10.4. The number of nitrogens with one attached hydrogen (secondary N) is 2. The van der Waals surface area contributed by atoms with Gasteiger partial charge in [0.05, 0.1) is 19.3 Å². The van der Waals surface area contributed by atoms with Crippen LogP contribution in [0.3, 0.4) is 0 Å². The van der Waals surface area contributed by atoms with Gasteiger partial charge in [0.25, 0.3) is 0 Å². The minimum atomic E-state index is -0.536. The maximum atomic E-state index is 9.89. The molecule has 1 atom stereocenters. The van der Waals surface area contributed by atoms with Gasteiger partial charge in [0.15, 0.2) is 5.96 Å². The van der Waals surface area contributed by atoms with E-state index < -0.39 is 6.10 Å². The molecule has 2 fully saturated rings. The van der Waals surface area contributed by atoms with Gasteiger partial charge in [0.1, 0.15) is 0 Å². The van der Waals surface area contributed by atoms with Crippen LogP contribution < -0.4 is 10.6 Å². The first kappa shape index (κ1) is 18.5. The average molecular weight is 327 g/mol. The minimum absolute atomic E-state index is 0.359. The smallest absolute Gasteiger partial charge is 0.191 e. The molecule has 6 heteroatoms. The fraction of sp³-hybridized carbons (Fsp3) is 0.941. The molecule has 6 nitrogen and oxygen atoms in total. The van der Waals surface area contributed by atoms with Crippen molar-refractivity contribution in [1.29, 1.82) is 0 Å². The molecule has 0 radical (unpaired) electrons. The maximum absolute atomic E-state index is 9.89. The van der Waals surface area contributed by atoms with Crippen molar-refractivity contribution in [2.75, 3.05) is 46.1 Å². The first-order valence-corrected chi connectivity index (χ1v) is 9.13. The Kier molecular flexibility index (Phi) is 8.71. The molecule has 0 saturated heterocycles. The number of nitrogens with zero attached hydrogens (tertiary/aromatic N) is 1. The maximum Gasteiger partial charge on any atom is 0.191 e. The van der Waals surface area contributed by atoms with Crippen molar-refractivity contribution in [2.24, 2.45) is 16.8 Å². The molecule has 0 aromatic rings. The molecule has 3 N–H and O–H groups in total. The largest absolute Gasteiger partial charge is 0.389 e. The summed E-state index contributed by atoms with van der Waals surface area (Å²) in [5.41, 5.74) is 0. The Morgan fingerprint density at radius 1 is 1.13 bits per heavy atom. The van der Waals surface area contributed by atoms with Crippen LogP contribution in [0.1, 0.15) is 39.0 Å². The summed E-state index contributed by atoms with van der Waals surface area (Å²) in [5, 5.41) is 16.4. The van der Waals surface area contributed by atoms with Gasteiger partial charge < -0.3 is 25.2 Å². The second kappa shape index (κ2) is 10.8. The van der Waals surface area contributed by atoms with Crippen LogP contribution in [0.25, 0.3) is 0 Å². The molecule has 0 heterocycles. The molecule has 2 saturated carbocycles. The van der Waals surface area contributed by atoms with Crippen molar-refractivity contribution in [2.45, 2.75) is 45.1 Å². The second-order valence-electron chi connectivity index (χ2n) is 6.65. The zero-order valence-electron chi connectivity index (χ0n) is 14.4. The third kappa shape index (κ3) is 9.79. The summed E-state index contributed by atoms with van der Waals surface area (Å²) in [7, 11) is 0. The molecular weight excluding hydrogens is 294 g/mol. The summed E-state index contributed by atoms with van der Waals surface area (Å²) in [6.07, 6.45) is 5.64. The lowest BCUT2D eigenvalue weighted by Crippen LogP contribution is -2.39. The van der Waals surface area contributed by atoms with Crippen molar-refractivity contribution >= 4 is 5.96 Å². The van der Waals surface area contributed by atoms with Crippen LogP contribution in [-0.2, 0) is 9.47 Å². The highest BCUT2D eigenvalue weighted by atomic mass is 16.5. The Balaban J connectivity index is 1.50. The van der Waals surface area contributed by atoms with E-state index in [0.717, 1.165) is 57.1 Å². The van der Waals surface area contributed by atoms with E-state index >= 15 is 0 Å². The highest BCUT2D eigenvalue weighted by molar-refractivity contribution is 5.79. The quantitative estimate of drug-likeness (QED) is 0.269. The molecule has 23 heavy (non-hydrogen) atoms. The summed E-state index contributed by atoms with van der Waals surface area (Å²) >= 11 is 0. The Morgan fingerprint density at radius 3 is 2.48 bits per heavy atom. The normalized spacial score (nSPS) is 19.7. The molecule has 2 rings (SSSR count). The van der Waals surface area contributed by atoms with Gasteiger partial charge in [0, 0.05) is 32.9 Å². The van der Waals surface area contributed by atoms with E-state index in [4.69, 9.17) is 9.47 Å². The molecule has 2 aliphatic carbocycles. The van der Waals surface area contributed by atoms with Gasteiger partial charge in [-0.25, -0.2) is 0 Å². The number of rotatable bonds is 13. The van der Waals surface area contributed by atoms with Crippen molar-refractivity contribution in [3.05, 3.63) is 0 Å². The lowest BCUT2D eigenvalue weighted by Gasteiger charge is -2.13. The monoisotopic (exact) mass is 327 g/mol. The molecule has 0 amide bonds. The molecule has 0 aromatic carbocycles. The Bertz CT molecular complexity index is 344. The number of aliphatic imine (C=N–C) groups is 1. The van der Waals surface area contributed by atoms with Gasteiger partial charge in [-0.15, -0.1) is 0 Å². The second-order valence-corrected chi connectivity index (χ2v) is 6.65. The zero-order valence-corrected chi connectivity index (χ0v) is 14.4. The van der Waals surface area contributed by atoms with Crippen LogP contribution in [0, 0.1) is 11.8 Å². The lowest BCUT2D eigenvalue weighted by molar-refractivity contribution is 0.0368. The van der Waals surface area contributed by atoms with E-state index in [-0.39, 0.29) is 0 Å². The van der Waals surface area contributed by atoms with E-state index in [1.807, 2.05) is 6.92 Å². The van der Waals surface area contributed by atoms with Gasteiger partial charge >= 0.3 is 0 Å². The topological polar surface area (TPSA) is 75.1 Å². The van der Waals surface area contributed by atoms with Gasteiger partial charge in [-0.05, 0) is 50.9 Å². The number of hydrogen-bond donors (Lipinski definition) is 3. The number of aliphatic hydroxyl groups excluding tert-OH is 1. The van der Waals surface area contributed by atoms with Gasteiger partial charge in [-0.2, -0.15) is 0 Å². The zero-order chi connectivity index (χ0) is 16.3. The van der Waals surface area contributed by atoms with Crippen LogP contribution in [0.15, 0.2) is 4.99 Å². The number of aliphatic hydroxyl groups is 1. The molecule has 0 bridgehead atoms. The molecule has 0 aromatic heterocycles. The first-order chi connectivity index (χ1) is 11.3. The van der Waals surface area contributed by atoms with Crippen LogP contribution >= 0.6 is 0 Å². The Labute approximate surface area is 140 Å². The SMILES string of the molecule is CCNC(=NCC(O)COCC1CC1)NCCCOCC1CC1. The van der Waals surface area contributed by atoms with Crippen molar-refractivity contribution in [3.8, 4) is 0 Å². The van der Waals surface area contributed by atoms with E-state index in [1.165, 1.54) is 25.7 Å². The highest BCUT2D eigenvalue weighted by Crippen LogP contribution is 2.29. The fourth-order valence-corrected chi connectivity index (χ4v) is 2.16. The van der Waals surface area contributed by atoms with Crippen LogP contribution in [0.5, 0.6) is 0 Å². The number of hydrogen-bond acceptors (Lipinski definition) is 4.